The lowest BCUT2D eigenvalue weighted by Crippen LogP contribution is -2.45. The number of aryl methyl sites for hydroxylation is 2. The lowest BCUT2D eigenvalue weighted by Gasteiger charge is -2.35. The molecule has 0 bridgehead atoms. The largest absolute Gasteiger partial charge is 0.481 e. The number of carbonyl (C=O) groups excluding carboxylic acids is 1. The van der Waals surface area contributed by atoms with Crippen molar-refractivity contribution in [3.8, 4) is 0 Å². The number of carbonyl (C=O) groups is 2. The fraction of sp³-hybridized carbons (Fsp3) is 0.385. The summed E-state index contributed by atoms with van der Waals surface area (Å²) in [6.45, 7) is 5.93. The van der Waals surface area contributed by atoms with Gasteiger partial charge in [-0.2, -0.15) is 13.2 Å². The molecule has 2 unspecified atom stereocenters. The molecule has 0 radical (unpaired) electrons. The van der Waals surface area contributed by atoms with Crippen LogP contribution in [0.25, 0.3) is 10.9 Å². The van der Waals surface area contributed by atoms with Crippen LogP contribution >= 0.6 is 23.2 Å². The van der Waals surface area contributed by atoms with Crippen LogP contribution in [0.3, 0.4) is 0 Å². The van der Waals surface area contributed by atoms with E-state index in [4.69, 9.17) is 23.2 Å². The third-order valence-corrected chi connectivity index (χ3v) is 7.73. The van der Waals surface area contributed by atoms with Crippen molar-refractivity contribution in [3.63, 3.8) is 0 Å². The maximum atomic E-state index is 13.3. The average Bonchev–Trinajstić information content (AvgIpc) is 3.11. The molecule has 1 saturated heterocycles. The van der Waals surface area contributed by atoms with Crippen molar-refractivity contribution >= 4 is 46.0 Å². The van der Waals surface area contributed by atoms with Crippen molar-refractivity contribution in [2.45, 2.75) is 39.9 Å². The van der Waals surface area contributed by atoms with E-state index in [1.807, 2.05) is 0 Å². The smallest absolute Gasteiger partial charge is 0.416 e. The van der Waals surface area contributed by atoms with E-state index in [-0.39, 0.29) is 29.0 Å². The third-order valence-electron chi connectivity index (χ3n) is 6.94. The van der Waals surface area contributed by atoms with Crippen molar-refractivity contribution in [2.24, 2.45) is 11.8 Å². The predicted octanol–water partition coefficient (Wildman–Crippen LogP) is 6.81. The molecule has 3 aromatic rings. The second kappa shape index (κ2) is 9.63. The van der Waals surface area contributed by atoms with Crippen molar-refractivity contribution in [3.05, 3.63) is 68.3 Å². The van der Waals surface area contributed by atoms with Gasteiger partial charge in [0.15, 0.2) is 0 Å². The van der Waals surface area contributed by atoms with Gasteiger partial charge in [0.25, 0.3) is 5.91 Å². The van der Waals surface area contributed by atoms with Crippen LogP contribution in [-0.2, 0) is 17.5 Å². The number of likely N-dealkylation sites (tertiary alicyclic amines) is 1. The molecule has 1 fully saturated rings. The summed E-state index contributed by atoms with van der Waals surface area (Å²) < 4.78 is 41.8. The Morgan fingerprint density at radius 1 is 1.14 bits per heavy atom. The molecule has 10 heteroatoms. The lowest BCUT2D eigenvalue weighted by molar-refractivity contribution is -0.145. The van der Waals surface area contributed by atoms with Crippen LogP contribution in [0.1, 0.15) is 46.0 Å². The molecule has 1 N–H and O–H groups in total. The Balaban J connectivity index is 1.68. The molecule has 1 aromatic heterocycles. The second-order valence-corrected chi connectivity index (χ2v) is 10.3. The van der Waals surface area contributed by atoms with E-state index < -0.39 is 23.6 Å². The molecule has 1 amide bonds. The van der Waals surface area contributed by atoms with Gasteiger partial charge in [-0.1, -0.05) is 30.1 Å². The van der Waals surface area contributed by atoms with E-state index in [1.54, 1.807) is 48.6 Å². The van der Waals surface area contributed by atoms with Crippen molar-refractivity contribution in [1.82, 2.24) is 9.47 Å². The van der Waals surface area contributed by atoms with Crippen molar-refractivity contribution in [1.29, 1.82) is 0 Å². The highest BCUT2D eigenvalue weighted by Gasteiger charge is 2.34. The Hall–Kier alpha value is -2.71. The third kappa shape index (κ3) is 4.81. The first-order valence-corrected chi connectivity index (χ1v) is 12.2. The Bertz CT molecular complexity index is 1370. The van der Waals surface area contributed by atoms with Gasteiger partial charge in [0.05, 0.1) is 34.1 Å². The lowest BCUT2D eigenvalue weighted by atomic mass is 9.87. The second-order valence-electron chi connectivity index (χ2n) is 9.48. The number of benzene rings is 2. The molecule has 5 nitrogen and oxygen atoms in total. The first-order valence-electron chi connectivity index (χ1n) is 11.5. The average molecular weight is 541 g/mol. The van der Waals surface area contributed by atoms with Gasteiger partial charge in [-0.25, -0.2) is 0 Å². The van der Waals surface area contributed by atoms with Crippen LogP contribution in [-0.4, -0.2) is 39.5 Å². The van der Waals surface area contributed by atoms with Crippen LogP contribution in [0.2, 0.25) is 10.0 Å². The molecule has 2 aromatic carbocycles. The number of rotatable bonds is 4. The first-order chi connectivity index (χ1) is 16.8. The summed E-state index contributed by atoms with van der Waals surface area (Å²) in [5, 5.41) is 10.3. The number of carboxylic acids is 1. The summed E-state index contributed by atoms with van der Waals surface area (Å²) in [4.78, 5) is 26.3. The minimum Gasteiger partial charge on any atom is -0.481 e. The molecule has 0 saturated carbocycles. The zero-order chi connectivity index (χ0) is 26.5. The number of hydrogen-bond donors (Lipinski definition) is 1. The van der Waals surface area contributed by atoms with E-state index in [0.717, 1.165) is 12.1 Å². The summed E-state index contributed by atoms with van der Waals surface area (Å²) in [6, 6.07) is 5.38. The van der Waals surface area contributed by atoms with Gasteiger partial charge in [-0.3, -0.25) is 9.59 Å². The number of halogens is 5. The van der Waals surface area contributed by atoms with E-state index >= 15 is 0 Å². The number of carboxylic acid groups (broad SMARTS) is 1. The normalized spacial score (nSPS) is 18.6. The molecule has 2 atom stereocenters. The van der Waals surface area contributed by atoms with Crippen LogP contribution in [0.5, 0.6) is 0 Å². The number of aliphatic carboxylic acids is 1. The predicted molar refractivity (Wildman–Crippen MR) is 133 cm³/mol. The fourth-order valence-electron chi connectivity index (χ4n) is 5.06. The summed E-state index contributed by atoms with van der Waals surface area (Å²) >= 11 is 13.2. The van der Waals surface area contributed by atoms with Crippen LogP contribution in [0.4, 0.5) is 13.2 Å². The number of amides is 1. The minimum atomic E-state index is -4.45. The molecular weight excluding hydrogens is 516 g/mol. The summed E-state index contributed by atoms with van der Waals surface area (Å²) in [6.07, 6.45) is -2.35. The van der Waals surface area contributed by atoms with Crippen LogP contribution < -0.4 is 0 Å². The minimum absolute atomic E-state index is 0.160. The van der Waals surface area contributed by atoms with E-state index in [9.17, 15) is 27.9 Å². The molecule has 2 heterocycles. The fourth-order valence-corrected chi connectivity index (χ4v) is 5.63. The maximum absolute atomic E-state index is 13.3. The first kappa shape index (κ1) is 26.4. The van der Waals surface area contributed by atoms with Gasteiger partial charge in [-0.05, 0) is 61.6 Å². The van der Waals surface area contributed by atoms with Crippen LogP contribution in [0.15, 0.2) is 30.5 Å². The Labute approximate surface area is 216 Å². The molecule has 0 aliphatic carbocycles. The van der Waals surface area contributed by atoms with Gasteiger partial charge in [-0.15, -0.1) is 0 Å². The quantitative estimate of drug-likeness (QED) is 0.395. The highest BCUT2D eigenvalue weighted by molar-refractivity contribution is 6.38. The zero-order valence-corrected chi connectivity index (χ0v) is 21.4. The number of aromatic nitrogens is 1. The molecule has 1 aliphatic heterocycles. The van der Waals surface area contributed by atoms with Gasteiger partial charge in [0.2, 0.25) is 0 Å². The van der Waals surface area contributed by atoms with Gasteiger partial charge in [0.1, 0.15) is 0 Å². The number of alkyl halides is 3. The monoisotopic (exact) mass is 540 g/mol. The molecule has 36 heavy (non-hydrogen) atoms. The molecule has 4 rings (SSSR count). The number of piperidine rings is 1. The Morgan fingerprint density at radius 3 is 2.44 bits per heavy atom. The van der Waals surface area contributed by atoms with Crippen molar-refractivity contribution in [2.75, 3.05) is 13.1 Å². The topological polar surface area (TPSA) is 62.5 Å². The number of nitrogens with zero attached hydrogens (tertiary/aromatic N) is 2. The van der Waals surface area contributed by atoms with E-state index in [0.29, 0.717) is 52.1 Å². The van der Waals surface area contributed by atoms with E-state index in [1.165, 1.54) is 0 Å². The summed E-state index contributed by atoms with van der Waals surface area (Å²) in [5.41, 5.74) is 1.79. The number of fused-ring (bicyclic) bond motifs is 1. The summed E-state index contributed by atoms with van der Waals surface area (Å²) in [5.74, 6) is -1.89. The molecule has 1 aliphatic rings. The Kier molecular flexibility index (Phi) is 7.05. The van der Waals surface area contributed by atoms with E-state index in [2.05, 4.69) is 0 Å². The highest BCUT2D eigenvalue weighted by Crippen LogP contribution is 2.37. The van der Waals surface area contributed by atoms with Crippen LogP contribution in [0, 0.1) is 25.7 Å². The molecule has 0 spiro atoms. The zero-order valence-electron chi connectivity index (χ0n) is 19.9. The SMILES string of the molecule is Cc1cn(Cc2c(Cl)ccc(C(=O)N3CCC(C(=O)O)C(C)C3)c2Cl)c2c(C)cc(C(F)(F)F)cc12. The Morgan fingerprint density at radius 2 is 1.83 bits per heavy atom. The highest BCUT2D eigenvalue weighted by atomic mass is 35.5. The number of hydrogen-bond acceptors (Lipinski definition) is 2. The summed E-state index contributed by atoms with van der Waals surface area (Å²) in [7, 11) is 0. The molecular formula is C26H25Cl2F3N2O3. The van der Waals surface area contributed by atoms with Crippen molar-refractivity contribution < 1.29 is 27.9 Å². The standard InChI is InChI=1S/C26H25Cl2F3N2O3/c1-13-8-16(26(29,30)31)9-19-15(3)11-33(23(13)19)12-20-21(27)5-4-18(22(20)28)24(34)32-7-6-17(25(35)36)14(2)10-32/h4-5,8-9,11,14,17H,6-7,10,12H2,1-3H3,(H,35,36). The maximum Gasteiger partial charge on any atom is 0.416 e. The van der Waals surface area contributed by atoms with Gasteiger partial charge >= 0.3 is 12.1 Å². The van der Waals surface area contributed by atoms with Gasteiger partial charge < -0.3 is 14.6 Å². The van der Waals surface area contributed by atoms with Gasteiger partial charge in [0, 0.05) is 35.3 Å². The molecule has 192 valence electrons.